The van der Waals surface area contributed by atoms with Gasteiger partial charge in [-0.1, -0.05) is 0 Å². The minimum atomic E-state index is -0.992. The Balaban J connectivity index is 1.60. The van der Waals surface area contributed by atoms with Crippen molar-refractivity contribution in [1.29, 1.82) is 0 Å². The Morgan fingerprint density at radius 2 is 2.19 bits per heavy atom. The van der Waals surface area contributed by atoms with Crippen molar-refractivity contribution in [1.82, 2.24) is 19.7 Å². The molecule has 1 aromatic carbocycles. The molecule has 136 valence electrons. The number of benzene rings is 1. The lowest BCUT2D eigenvalue weighted by Crippen LogP contribution is -2.30. The number of hydrogen-bond acceptors (Lipinski definition) is 6. The molecule has 26 heavy (non-hydrogen) atoms. The van der Waals surface area contributed by atoms with E-state index in [9.17, 15) is 9.90 Å². The quantitative estimate of drug-likeness (QED) is 0.732. The summed E-state index contributed by atoms with van der Waals surface area (Å²) < 4.78 is 2.89. The average molecular weight is 372 g/mol. The zero-order valence-corrected chi connectivity index (χ0v) is 15.2. The summed E-state index contributed by atoms with van der Waals surface area (Å²) in [4.78, 5) is 19.3. The average Bonchev–Trinajstić information content (AvgIpc) is 3.15. The lowest BCUT2D eigenvalue weighted by atomic mass is 10.1. The molecule has 1 aliphatic heterocycles. The second-order valence-electron chi connectivity index (χ2n) is 6.48. The van der Waals surface area contributed by atoms with Crippen LogP contribution >= 0.6 is 11.3 Å². The number of carbonyl (C=O) groups excluding carboxylic acids is 1. The van der Waals surface area contributed by atoms with Crippen LogP contribution in [0.3, 0.4) is 0 Å². The van der Waals surface area contributed by atoms with Crippen molar-refractivity contribution in [2.45, 2.75) is 32.5 Å². The van der Waals surface area contributed by atoms with Crippen LogP contribution < -0.4 is 0 Å². The Bertz CT molecular complexity index is 965. The van der Waals surface area contributed by atoms with E-state index in [0.717, 1.165) is 27.3 Å². The number of aromatic nitrogens is 3. The van der Waals surface area contributed by atoms with E-state index >= 15 is 0 Å². The molecule has 0 saturated carbocycles. The molecule has 7 nitrogen and oxygen atoms in total. The summed E-state index contributed by atoms with van der Waals surface area (Å²) >= 11 is 1.62. The fourth-order valence-electron chi connectivity index (χ4n) is 3.27. The summed E-state index contributed by atoms with van der Waals surface area (Å²) in [6, 6.07) is 7.42. The summed E-state index contributed by atoms with van der Waals surface area (Å²) in [5, 5.41) is 24.2. The molecule has 0 radical (unpaired) electrons. The fourth-order valence-corrected chi connectivity index (χ4v) is 4.08. The van der Waals surface area contributed by atoms with Crippen LogP contribution in [0.5, 0.6) is 0 Å². The molecule has 2 N–H and O–H groups in total. The second-order valence-corrected chi connectivity index (χ2v) is 7.71. The first-order chi connectivity index (χ1) is 12.5. The van der Waals surface area contributed by atoms with Gasteiger partial charge < -0.3 is 15.1 Å². The molecule has 0 bridgehead atoms. The molecule has 4 rings (SSSR count). The zero-order chi connectivity index (χ0) is 18.3. The number of carbonyl (C=O) groups is 1. The number of hydrogen-bond donors (Lipinski definition) is 2. The highest BCUT2D eigenvalue weighted by Crippen LogP contribution is 2.24. The summed E-state index contributed by atoms with van der Waals surface area (Å²) in [6.45, 7) is 3.35. The molecule has 0 fully saturated rings. The number of aliphatic hydroxyl groups excluding tert-OH is 2. The first kappa shape index (κ1) is 17.1. The van der Waals surface area contributed by atoms with Gasteiger partial charge in [0.25, 0.3) is 5.91 Å². The van der Waals surface area contributed by atoms with Gasteiger partial charge >= 0.3 is 0 Å². The standard InChI is InChI=1S/C18H20N4O3S/c1-11-19-15-7-12(3-4-17(15)26-11)18(25)21-5-2-6-22-13(9-21)8-14(20-22)16(24)10-23/h3-4,7-8,16,23-24H,2,5-6,9-10H2,1H3/t16-/m0/s1. The Morgan fingerprint density at radius 3 is 3.00 bits per heavy atom. The molecular weight excluding hydrogens is 352 g/mol. The summed E-state index contributed by atoms with van der Waals surface area (Å²) in [5.74, 6) is -0.0311. The lowest BCUT2D eigenvalue weighted by Gasteiger charge is -2.20. The van der Waals surface area contributed by atoms with Gasteiger partial charge in [-0.3, -0.25) is 9.48 Å². The summed E-state index contributed by atoms with van der Waals surface area (Å²) in [5.41, 5.74) is 2.79. The van der Waals surface area contributed by atoms with Crippen LogP contribution in [0.1, 0.15) is 39.3 Å². The van der Waals surface area contributed by atoms with E-state index in [2.05, 4.69) is 10.1 Å². The monoisotopic (exact) mass is 372 g/mol. The van der Waals surface area contributed by atoms with Crippen LogP contribution in [0.25, 0.3) is 10.2 Å². The van der Waals surface area contributed by atoms with Gasteiger partial charge in [0.1, 0.15) is 6.10 Å². The number of aliphatic hydroxyl groups is 2. The molecular formula is C18H20N4O3S. The molecule has 1 atom stereocenters. The zero-order valence-electron chi connectivity index (χ0n) is 14.4. The number of rotatable bonds is 3. The largest absolute Gasteiger partial charge is 0.393 e. The predicted molar refractivity (Wildman–Crippen MR) is 98.0 cm³/mol. The van der Waals surface area contributed by atoms with Crippen LogP contribution in [-0.2, 0) is 13.1 Å². The van der Waals surface area contributed by atoms with E-state index in [4.69, 9.17) is 5.11 Å². The van der Waals surface area contributed by atoms with Gasteiger partial charge in [0.15, 0.2) is 0 Å². The highest BCUT2D eigenvalue weighted by Gasteiger charge is 2.23. The van der Waals surface area contributed by atoms with Gasteiger partial charge in [0.2, 0.25) is 0 Å². The Morgan fingerprint density at radius 1 is 1.35 bits per heavy atom. The van der Waals surface area contributed by atoms with Crippen LogP contribution in [0.4, 0.5) is 0 Å². The first-order valence-electron chi connectivity index (χ1n) is 8.57. The van der Waals surface area contributed by atoms with Crippen LogP contribution in [-0.4, -0.2) is 48.9 Å². The van der Waals surface area contributed by atoms with Crippen molar-refractivity contribution in [2.24, 2.45) is 0 Å². The van der Waals surface area contributed by atoms with Crippen molar-refractivity contribution in [3.63, 3.8) is 0 Å². The highest BCUT2D eigenvalue weighted by molar-refractivity contribution is 7.18. The van der Waals surface area contributed by atoms with Gasteiger partial charge in [-0.15, -0.1) is 11.3 Å². The van der Waals surface area contributed by atoms with Gasteiger partial charge in [0.05, 0.1) is 39.8 Å². The third-order valence-corrected chi connectivity index (χ3v) is 5.53. The van der Waals surface area contributed by atoms with E-state index in [0.29, 0.717) is 30.9 Å². The normalized spacial score (nSPS) is 15.7. The van der Waals surface area contributed by atoms with E-state index in [1.54, 1.807) is 22.3 Å². The third kappa shape index (κ3) is 3.11. The van der Waals surface area contributed by atoms with Crippen LogP contribution in [0.2, 0.25) is 0 Å². The lowest BCUT2D eigenvalue weighted by molar-refractivity contribution is 0.0745. The Hall–Kier alpha value is -2.29. The molecule has 0 unspecified atom stereocenters. The van der Waals surface area contributed by atoms with Gasteiger partial charge in [-0.05, 0) is 37.6 Å². The maximum absolute atomic E-state index is 13.0. The Labute approximate surface area is 154 Å². The number of amides is 1. The van der Waals surface area contributed by atoms with E-state index < -0.39 is 6.10 Å². The smallest absolute Gasteiger partial charge is 0.254 e. The SMILES string of the molecule is Cc1nc2cc(C(=O)N3CCCn4nc([C@@H](O)CO)cc4C3)ccc2s1. The molecule has 0 spiro atoms. The Kier molecular flexibility index (Phi) is 4.47. The number of nitrogens with zero attached hydrogens (tertiary/aromatic N) is 4. The molecule has 0 aliphatic carbocycles. The molecule has 1 aliphatic rings. The molecule has 8 heteroatoms. The van der Waals surface area contributed by atoms with E-state index in [1.165, 1.54) is 0 Å². The van der Waals surface area contributed by atoms with Crippen molar-refractivity contribution in [2.75, 3.05) is 13.2 Å². The van der Waals surface area contributed by atoms with Gasteiger partial charge in [0, 0.05) is 18.7 Å². The van der Waals surface area contributed by atoms with Gasteiger partial charge in [-0.25, -0.2) is 4.98 Å². The van der Waals surface area contributed by atoms with Crippen LogP contribution in [0.15, 0.2) is 24.3 Å². The molecule has 3 heterocycles. The van der Waals surface area contributed by atoms with Crippen molar-refractivity contribution >= 4 is 27.5 Å². The minimum absolute atomic E-state index is 0.0311. The maximum atomic E-state index is 13.0. The fraction of sp³-hybridized carbons (Fsp3) is 0.389. The maximum Gasteiger partial charge on any atom is 0.254 e. The molecule has 2 aromatic heterocycles. The topological polar surface area (TPSA) is 91.5 Å². The van der Waals surface area contributed by atoms with Crippen molar-refractivity contribution < 1.29 is 15.0 Å². The molecule has 1 amide bonds. The van der Waals surface area contributed by atoms with Crippen molar-refractivity contribution in [3.05, 3.63) is 46.2 Å². The van der Waals surface area contributed by atoms with Crippen LogP contribution in [0, 0.1) is 6.92 Å². The van der Waals surface area contributed by atoms with Crippen molar-refractivity contribution in [3.8, 4) is 0 Å². The molecule has 3 aromatic rings. The third-order valence-electron chi connectivity index (χ3n) is 4.58. The number of fused-ring (bicyclic) bond motifs is 2. The predicted octanol–water partition coefficient (Wildman–Crippen LogP) is 1.87. The molecule has 0 saturated heterocycles. The first-order valence-corrected chi connectivity index (χ1v) is 9.39. The van der Waals surface area contributed by atoms with Gasteiger partial charge in [-0.2, -0.15) is 5.10 Å². The highest BCUT2D eigenvalue weighted by atomic mass is 32.1. The minimum Gasteiger partial charge on any atom is -0.393 e. The second kappa shape index (κ2) is 6.79. The summed E-state index contributed by atoms with van der Waals surface area (Å²) in [6.07, 6.45) is -0.207. The van der Waals surface area contributed by atoms with E-state index in [-0.39, 0.29) is 12.5 Å². The van der Waals surface area contributed by atoms with E-state index in [1.807, 2.05) is 29.8 Å². The summed E-state index contributed by atoms with van der Waals surface area (Å²) in [7, 11) is 0. The number of aryl methyl sites for hydroxylation is 2. The number of thiazole rings is 1.